The summed E-state index contributed by atoms with van der Waals surface area (Å²) in [5, 5.41) is 5.46. The number of thiazole rings is 1. The van der Waals surface area contributed by atoms with Crippen LogP contribution in [0.5, 0.6) is 0 Å². The molecule has 120 valence electrons. The minimum absolute atomic E-state index is 0.0569. The summed E-state index contributed by atoms with van der Waals surface area (Å²) in [5.74, 6) is 2.82. The van der Waals surface area contributed by atoms with E-state index < -0.39 is 0 Å². The van der Waals surface area contributed by atoms with E-state index in [-0.39, 0.29) is 16.7 Å². The van der Waals surface area contributed by atoms with Gasteiger partial charge < -0.3 is 5.32 Å². The number of hydrogen-bond donors (Lipinski definition) is 1. The average Bonchev–Trinajstić information content (AvgIpc) is 2.81. The molecule has 3 nitrogen and oxygen atoms in total. The summed E-state index contributed by atoms with van der Waals surface area (Å²) < 4.78 is 1.01. The highest BCUT2D eigenvalue weighted by Gasteiger charge is 2.51. The molecule has 0 aliphatic heterocycles. The maximum atomic E-state index is 12.7. The van der Waals surface area contributed by atoms with Crippen molar-refractivity contribution in [2.45, 2.75) is 67.5 Å². The molecular formula is C17H24N2OS2. The Morgan fingerprint density at radius 1 is 1.32 bits per heavy atom. The Morgan fingerprint density at radius 2 is 1.91 bits per heavy atom. The van der Waals surface area contributed by atoms with Gasteiger partial charge in [-0.3, -0.25) is 4.79 Å². The van der Waals surface area contributed by atoms with Crippen molar-refractivity contribution < 1.29 is 4.79 Å². The van der Waals surface area contributed by atoms with Gasteiger partial charge in [0.1, 0.15) is 0 Å². The molecule has 1 N–H and O–H groups in total. The van der Waals surface area contributed by atoms with Gasteiger partial charge in [0.05, 0.1) is 5.25 Å². The predicted molar refractivity (Wildman–Crippen MR) is 91.2 cm³/mol. The topological polar surface area (TPSA) is 42.0 Å². The maximum Gasteiger partial charge on any atom is 0.233 e. The van der Waals surface area contributed by atoms with Crippen LogP contribution in [0, 0.1) is 24.7 Å². The molecule has 4 aliphatic rings. The smallest absolute Gasteiger partial charge is 0.233 e. The quantitative estimate of drug-likeness (QED) is 0.845. The largest absolute Gasteiger partial charge is 0.350 e. The van der Waals surface area contributed by atoms with Crippen LogP contribution in [-0.4, -0.2) is 21.7 Å². The van der Waals surface area contributed by atoms with Crippen LogP contribution in [0.1, 0.15) is 51.1 Å². The first-order chi connectivity index (χ1) is 10.5. The summed E-state index contributed by atoms with van der Waals surface area (Å²) in [6, 6.07) is 0. The van der Waals surface area contributed by atoms with E-state index in [0.29, 0.717) is 0 Å². The molecule has 1 heterocycles. The van der Waals surface area contributed by atoms with Crippen LogP contribution in [0.15, 0.2) is 9.72 Å². The van der Waals surface area contributed by atoms with Gasteiger partial charge in [0.2, 0.25) is 5.91 Å². The molecule has 5 heteroatoms. The second-order valence-corrected chi connectivity index (χ2v) is 10.1. The number of carbonyl (C=O) groups is 1. The first-order valence-electron chi connectivity index (χ1n) is 8.42. The van der Waals surface area contributed by atoms with E-state index >= 15 is 0 Å². The van der Waals surface area contributed by atoms with Gasteiger partial charge in [-0.05, 0) is 70.1 Å². The molecule has 1 amide bonds. The summed E-state index contributed by atoms with van der Waals surface area (Å²) in [5.41, 5.74) is 1.17. The highest BCUT2D eigenvalue weighted by molar-refractivity contribution is 8.02. The lowest BCUT2D eigenvalue weighted by Crippen LogP contribution is -2.60. The van der Waals surface area contributed by atoms with Crippen LogP contribution in [0.3, 0.4) is 0 Å². The van der Waals surface area contributed by atoms with Crippen molar-refractivity contribution in [3.05, 3.63) is 11.1 Å². The van der Waals surface area contributed by atoms with Crippen molar-refractivity contribution >= 4 is 29.0 Å². The molecule has 4 saturated carbocycles. The zero-order valence-electron chi connectivity index (χ0n) is 13.3. The van der Waals surface area contributed by atoms with Crippen molar-refractivity contribution in [1.29, 1.82) is 0 Å². The lowest BCUT2D eigenvalue weighted by molar-refractivity contribution is -0.126. The third kappa shape index (κ3) is 2.82. The molecule has 0 saturated heterocycles. The molecule has 0 spiro atoms. The van der Waals surface area contributed by atoms with Gasteiger partial charge >= 0.3 is 0 Å². The summed E-state index contributed by atoms with van der Waals surface area (Å²) in [6.45, 7) is 4.01. The number of hydrogen-bond acceptors (Lipinski definition) is 4. The van der Waals surface area contributed by atoms with Crippen LogP contribution < -0.4 is 5.32 Å². The Bertz CT molecular complexity index is 548. The van der Waals surface area contributed by atoms with Crippen molar-refractivity contribution in [2.75, 3.05) is 0 Å². The standard InChI is InChI=1S/C17H24N2OS2/c1-10-9-21-16(18-10)22-11(2)15(20)19-17-6-12-3-13(7-17)5-14(4-12)8-17/h9,11-14H,3-8H2,1-2H3,(H,19,20). The Morgan fingerprint density at radius 3 is 2.41 bits per heavy atom. The Hall–Kier alpha value is -0.550. The van der Waals surface area contributed by atoms with Crippen molar-refractivity contribution in [3.63, 3.8) is 0 Å². The average molecular weight is 337 g/mol. The zero-order chi connectivity index (χ0) is 15.3. The van der Waals surface area contributed by atoms with E-state index in [1.807, 2.05) is 19.2 Å². The van der Waals surface area contributed by atoms with Gasteiger partial charge in [-0.2, -0.15) is 0 Å². The van der Waals surface area contributed by atoms with Crippen molar-refractivity contribution in [2.24, 2.45) is 17.8 Å². The number of rotatable bonds is 4. The highest BCUT2D eigenvalue weighted by Crippen LogP contribution is 2.55. The number of nitrogens with zero attached hydrogens (tertiary/aromatic N) is 1. The summed E-state index contributed by atoms with van der Waals surface area (Å²) in [7, 11) is 0. The van der Waals surface area contributed by atoms with E-state index in [4.69, 9.17) is 0 Å². The Labute approximate surface area is 140 Å². The third-order valence-electron chi connectivity index (χ3n) is 5.67. The summed E-state index contributed by atoms with van der Waals surface area (Å²) >= 11 is 3.23. The second kappa shape index (κ2) is 5.52. The van der Waals surface area contributed by atoms with Crippen LogP contribution in [0.2, 0.25) is 0 Å². The van der Waals surface area contributed by atoms with Gasteiger partial charge in [-0.15, -0.1) is 11.3 Å². The first kappa shape index (κ1) is 15.0. The van der Waals surface area contributed by atoms with Crippen molar-refractivity contribution in [3.8, 4) is 0 Å². The Kier molecular flexibility index (Phi) is 3.76. The van der Waals surface area contributed by atoms with Gasteiger partial charge in [0, 0.05) is 16.6 Å². The number of nitrogens with one attached hydrogen (secondary N) is 1. The van der Waals surface area contributed by atoms with Gasteiger partial charge in [-0.25, -0.2) is 4.98 Å². The number of amides is 1. The fraction of sp³-hybridized carbons (Fsp3) is 0.765. The summed E-state index contributed by atoms with van der Waals surface area (Å²) in [6.07, 6.45) is 7.91. The summed E-state index contributed by atoms with van der Waals surface area (Å²) in [4.78, 5) is 17.1. The van der Waals surface area contributed by atoms with Gasteiger partial charge in [0.25, 0.3) is 0 Å². The molecule has 1 aromatic heterocycles. The molecule has 0 radical (unpaired) electrons. The predicted octanol–water partition coefficient (Wildman–Crippen LogP) is 4.02. The molecule has 0 aromatic carbocycles. The maximum absolute atomic E-state index is 12.7. The van der Waals surface area contributed by atoms with Crippen LogP contribution in [0.4, 0.5) is 0 Å². The first-order valence-corrected chi connectivity index (χ1v) is 10.2. The van der Waals surface area contributed by atoms with E-state index in [0.717, 1.165) is 27.8 Å². The number of thioether (sulfide) groups is 1. The minimum Gasteiger partial charge on any atom is -0.350 e. The SMILES string of the molecule is Cc1csc(SC(C)C(=O)NC23CC4CC(CC(C4)C2)C3)n1. The molecule has 1 aromatic rings. The van der Waals surface area contributed by atoms with E-state index in [2.05, 4.69) is 10.3 Å². The lowest BCUT2D eigenvalue weighted by Gasteiger charge is -2.57. The fourth-order valence-electron chi connectivity index (χ4n) is 5.22. The molecule has 4 bridgehead atoms. The number of carbonyl (C=O) groups excluding carboxylic acids is 1. The third-order valence-corrected chi connectivity index (χ3v) is 7.86. The molecule has 1 atom stereocenters. The fourth-order valence-corrected chi connectivity index (χ4v) is 7.20. The lowest BCUT2D eigenvalue weighted by atomic mass is 9.53. The van der Waals surface area contributed by atoms with Gasteiger partial charge in [-0.1, -0.05) is 11.8 Å². The van der Waals surface area contributed by atoms with Crippen LogP contribution >= 0.6 is 23.1 Å². The van der Waals surface area contributed by atoms with Crippen LogP contribution in [-0.2, 0) is 4.79 Å². The second-order valence-electron chi connectivity index (χ2n) is 7.70. The zero-order valence-corrected chi connectivity index (χ0v) is 14.9. The van der Waals surface area contributed by atoms with Crippen LogP contribution in [0.25, 0.3) is 0 Å². The van der Waals surface area contributed by atoms with E-state index in [1.54, 1.807) is 23.1 Å². The van der Waals surface area contributed by atoms with Gasteiger partial charge in [0.15, 0.2) is 4.34 Å². The highest BCUT2D eigenvalue weighted by atomic mass is 32.2. The Balaban J connectivity index is 1.41. The molecule has 4 aliphatic carbocycles. The molecule has 4 fully saturated rings. The molecular weight excluding hydrogens is 312 g/mol. The molecule has 5 rings (SSSR count). The monoisotopic (exact) mass is 336 g/mol. The van der Waals surface area contributed by atoms with E-state index in [9.17, 15) is 4.79 Å². The number of aryl methyl sites for hydroxylation is 1. The van der Waals surface area contributed by atoms with Crippen molar-refractivity contribution in [1.82, 2.24) is 10.3 Å². The molecule has 22 heavy (non-hydrogen) atoms. The minimum atomic E-state index is -0.0569. The number of aromatic nitrogens is 1. The van der Waals surface area contributed by atoms with E-state index in [1.165, 1.54) is 38.5 Å². The molecule has 1 unspecified atom stereocenters. The normalized spacial score (nSPS) is 37.3.